The van der Waals surface area contributed by atoms with Crippen molar-refractivity contribution in [2.75, 3.05) is 4.72 Å². The summed E-state index contributed by atoms with van der Waals surface area (Å²) in [5.41, 5.74) is 1.06. The number of anilines is 1. The summed E-state index contributed by atoms with van der Waals surface area (Å²) in [4.78, 5) is 0.113. The zero-order valence-corrected chi connectivity index (χ0v) is 14.9. The minimum atomic E-state index is -3.69. The smallest absolute Gasteiger partial charge is 0.255 e. The van der Waals surface area contributed by atoms with Crippen LogP contribution >= 0.6 is 0 Å². The molecule has 0 aromatic heterocycles. The Morgan fingerprint density at radius 1 is 0.880 bits per heavy atom. The fraction of sp³-hybridized carbons (Fsp3) is 0.176. The molecule has 1 saturated carbocycles. The molecule has 2 aromatic rings. The molecule has 3 rings (SSSR count). The first-order valence-electron chi connectivity index (χ1n) is 7.72. The van der Waals surface area contributed by atoms with Gasteiger partial charge in [0.25, 0.3) is 10.0 Å². The molecule has 2 aromatic carbocycles. The Morgan fingerprint density at radius 3 is 2.12 bits per heavy atom. The monoisotopic (exact) mass is 378 g/mol. The number of benzene rings is 2. The van der Waals surface area contributed by atoms with Crippen LogP contribution in [-0.2, 0) is 20.0 Å². The second-order valence-electron chi connectivity index (χ2n) is 5.78. The first-order chi connectivity index (χ1) is 11.8. The molecule has 0 radical (unpaired) electrons. The van der Waals surface area contributed by atoms with Crippen molar-refractivity contribution in [1.29, 1.82) is 0 Å². The van der Waals surface area contributed by atoms with E-state index in [4.69, 9.17) is 0 Å². The fourth-order valence-corrected chi connectivity index (χ4v) is 4.30. The minimum absolute atomic E-state index is 0.0197. The number of hydrogen-bond donors (Lipinski definition) is 2. The predicted octanol–water partition coefficient (Wildman–Crippen LogP) is 2.54. The van der Waals surface area contributed by atoms with Crippen molar-refractivity contribution in [1.82, 2.24) is 4.72 Å². The van der Waals surface area contributed by atoms with Gasteiger partial charge in [0.05, 0.1) is 10.3 Å². The molecule has 6 nitrogen and oxygen atoms in total. The van der Waals surface area contributed by atoms with E-state index >= 15 is 0 Å². The fourth-order valence-electron chi connectivity index (χ4n) is 2.12. The first-order valence-corrected chi connectivity index (χ1v) is 10.8. The third-order valence-corrected chi connectivity index (χ3v) is 6.11. The maximum Gasteiger partial charge on any atom is 0.255 e. The number of rotatable bonds is 7. The van der Waals surface area contributed by atoms with Gasteiger partial charge in [-0.3, -0.25) is 4.72 Å². The van der Waals surface area contributed by atoms with Crippen LogP contribution in [0.1, 0.15) is 18.4 Å². The molecule has 0 heterocycles. The molecule has 0 spiro atoms. The number of nitrogens with one attached hydrogen (secondary N) is 2. The highest BCUT2D eigenvalue weighted by molar-refractivity contribution is 7.95. The van der Waals surface area contributed by atoms with E-state index in [-0.39, 0.29) is 10.9 Å². The zero-order valence-electron chi connectivity index (χ0n) is 13.3. The van der Waals surface area contributed by atoms with Crippen LogP contribution < -0.4 is 9.44 Å². The molecule has 132 valence electrons. The maximum absolute atomic E-state index is 12.1. The molecule has 0 aliphatic heterocycles. The van der Waals surface area contributed by atoms with Gasteiger partial charge in [0.1, 0.15) is 0 Å². The van der Waals surface area contributed by atoms with Crippen molar-refractivity contribution in [2.45, 2.75) is 23.8 Å². The van der Waals surface area contributed by atoms with E-state index < -0.39 is 20.0 Å². The molecule has 8 heteroatoms. The molecule has 0 unspecified atom stereocenters. The number of sulfonamides is 2. The summed E-state index contributed by atoms with van der Waals surface area (Å²) < 4.78 is 53.3. The van der Waals surface area contributed by atoms with Gasteiger partial charge in [-0.2, -0.15) is 0 Å². The Balaban J connectivity index is 1.69. The van der Waals surface area contributed by atoms with Crippen LogP contribution in [0, 0.1) is 0 Å². The van der Waals surface area contributed by atoms with Crippen LogP contribution in [-0.4, -0.2) is 22.9 Å². The van der Waals surface area contributed by atoms with Crippen molar-refractivity contribution >= 4 is 31.8 Å². The normalized spacial score (nSPS) is 15.4. The zero-order chi connectivity index (χ0) is 17.9. The van der Waals surface area contributed by atoms with Gasteiger partial charge in [-0.15, -0.1) is 0 Å². The van der Waals surface area contributed by atoms with Gasteiger partial charge >= 0.3 is 0 Å². The molecular formula is C17H18N2O4S2. The highest BCUT2D eigenvalue weighted by Crippen LogP contribution is 2.23. The molecule has 0 bridgehead atoms. The van der Waals surface area contributed by atoms with E-state index in [1.54, 1.807) is 12.1 Å². The lowest BCUT2D eigenvalue weighted by Gasteiger charge is -2.08. The lowest BCUT2D eigenvalue weighted by molar-refractivity contribution is 0.581. The first kappa shape index (κ1) is 17.7. The van der Waals surface area contributed by atoms with Gasteiger partial charge in [-0.05, 0) is 48.7 Å². The third kappa shape index (κ3) is 5.15. The van der Waals surface area contributed by atoms with Crippen molar-refractivity contribution in [2.24, 2.45) is 0 Å². The van der Waals surface area contributed by atoms with Crippen LogP contribution in [0.5, 0.6) is 0 Å². The lowest BCUT2D eigenvalue weighted by atomic mass is 10.2. The van der Waals surface area contributed by atoms with Crippen molar-refractivity contribution in [3.05, 3.63) is 65.6 Å². The molecule has 1 fully saturated rings. The van der Waals surface area contributed by atoms with Crippen LogP contribution in [0.25, 0.3) is 6.08 Å². The second kappa shape index (κ2) is 6.99. The molecule has 1 aliphatic carbocycles. The minimum Gasteiger partial charge on any atom is -0.280 e. The molecule has 0 atom stereocenters. The van der Waals surface area contributed by atoms with Crippen molar-refractivity contribution < 1.29 is 16.8 Å². The summed E-state index contributed by atoms with van der Waals surface area (Å²) in [5, 5.41) is 1.07. The van der Waals surface area contributed by atoms with E-state index in [9.17, 15) is 16.8 Å². The maximum atomic E-state index is 12.1. The van der Waals surface area contributed by atoms with E-state index in [0.717, 1.165) is 23.8 Å². The Morgan fingerprint density at radius 2 is 1.52 bits per heavy atom. The molecule has 0 amide bonds. The Kier molecular flexibility index (Phi) is 4.94. The van der Waals surface area contributed by atoms with Crippen molar-refractivity contribution in [3.8, 4) is 0 Å². The van der Waals surface area contributed by atoms with Crippen LogP contribution in [0.2, 0.25) is 0 Å². The third-order valence-electron chi connectivity index (χ3n) is 3.56. The molecular weight excluding hydrogens is 360 g/mol. The number of hydrogen-bond acceptors (Lipinski definition) is 4. The van der Waals surface area contributed by atoms with Gasteiger partial charge in [0.2, 0.25) is 10.0 Å². The predicted molar refractivity (Wildman–Crippen MR) is 97.8 cm³/mol. The average Bonchev–Trinajstić information content (AvgIpc) is 3.37. The van der Waals surface area contributed by atoms with E-state index in [1.165, 1.54) is 30.3 Å². The summed E-state index contributed by atoms with van der Waals surface area (Å²) in [6.45, 7) is 0. The summed E-state index contributed by atoms with van der Waals surface area (Å²) in [5.74, 6) is 0. The molecule has 1 aliphatic rings. The SMILES string of the molecule is O=S(=O)(/C=C/c1ccccc1)Nc1ccc(S(=O)(=O)NC2CC2)cc1. The largest absolute Gasteiger partial charge is 0.280 e. The standard InChI is InChI=1S/C17H18N2O4S2/c20-24(21,13-12-14-4-2-1-3-5-14)18-15-8-10-17(11-9-15)25(22,23)19-16-6-7-16/h1-5,8-13,16,18-19H,6-7H2/b13-12+. The molecule has 2 N–H and O–H groups in total. The van der Waals surface area contributed by atoms with Gasteiger partial charge < -0.3 is 0 Å². The van der Waals surface area contributed by atoms with E-state index in [0.29, 0.717) is 5.69 Å². The van der Waals surface area contributed by atoms with Gasteiger partial charge in [0.15, 0.2) is 0 Å². The van der Waals surface area contributed by atoms with E-state index in [2.05, 4.69) is 9.44 Å². The highest BCUT2D eigenvalue weighted by Gasteiger charge is 2.27. The quantitative estimate of drug-likeness (QED) is 0.774. The summed E-state index contributed by atoms with van der Waals surface area (Å²) in [6, 6.07) is 14.7. The lowest BCUT2D eigenvalue weighted by Crippen LogP contribution is -2.25. The van der Waals surface area contributed by atoms with Crippen LogP contribution in [0.15, 0.2) is 64.9 Å². The van der Waals surface area contributed by atoms with Crippen molar-refractivity contribution in [3.63, 3.8) is 0 Å². The van der Waals surface area contributed by atoms with Gasteiger partial charge in [-0.1, -0.05) is 30.3 Å². The highest BCUT2D eigenvalue weighted by atomic mass is 32.2. The van der Waals surface area contributed by atoms with E-state index in [1.807, 2.05) is 18.2 Å². The molecule has 0 saturated heterocycles. The Hall–Kier alpha value is -2.16. The molecule has 25 heavy (non-hydrogen) atoms. The summed E-state index contributed by atoms with van der Waals surface area (Å²) in [6.07, 6.45) is 3.19. The van der Waals surface area contributed by atoms with Gasteiger partial charge in [0, 0.05) is 11.7 Å². The Labute approximate surface area is 147 Å². The summed E-state index contributed by atoms with van der Waals surface area (Å²) in [7, 11) is -7.23. The Bertz CT molecular complexity index is 963. The van der Waals surface area contributed by atoms with Gasteiger partial charge in [-0.25, -0.2) is 21.6 Å². The van der Waals surface area contributed by atoms with Crippen LogP contribution in [0.3, 0.4) is 0 Å². The topological polar surface area (TPSA) is 92.3 Å². The average molecular weight is 378 g/mol. The van der Waals surface area contributed by atoms with Crippen LogP contribution in [0.4, 0.5) is 5.69 Å². The second-order valence-corrected chi connectivity index (χ2v) is 9.06. The summed E-state index contributed by atoms with van der Waals surface area (Å²) >= 11 is 0.